The number of aromatic nitrogens is 1. The Kier molecular flexibility index (Phi) is 6.16. The van der Waals surface area contributed by atoms with Gasteiger partial charge in [0, 0.05) is 40.7 Å². The summed E-state index contributed by atoms with van der Waals surface area (Å²) in [5, 5.41) is 4.56. The molecule has 1 heterocycles. The van der Waals surface area contributed by atoms with E-state index in [1.807, 2.05) is 31.3 Å². The number of carbonyl (C=O) groups excluding carboxylic acids is 2. The molecular weight excluding hydrogens is 423 g/mol. The van der Waals surface area contributed by atoms with E-state index >= 15 is 0 Å². The van der Waals surface area contributed by atoms with Gasteiger partial charge in [-0.05, 0) is 68.7 Å². The molecule has 0 aliphatic heterocycles. The molecule has 0 aliphatic carbocycles. The Bertz CT molecular complexity index is 1120. The van der Waals surface area contributed by atoms with E-state index in [4.69, 9.17) is 27.9 Å². The van der Waals surface area contributed by atoms with Crippen LogP contribution in [0.25, 0.3) is 10.9 Å². The average molecular weight is 447 g/mol. The highest BCUT2D eigenvalue weighted by Gasteiger charge is 2.18. The molecule has 0 radical (unpaired) electrons. The molecule has 3 aromatic rings. The third kappa shape index (κ3) is 4.97. The Labute approximate surface area is 185 Å². The second-order valence-electron chi connectivity index (χ2n) is 8.27. The van der Waals surface area contributed by atoms with Gasteiger partial charge in [0.25, 0.3) is 0 Å². The topological polar surface area (TPSA) is 60.3 Å². The summed E-state index contributed by atoms with van der Waals surface area (Å²) in [6.07, 6.45) is 1.79. The second kappa shape index (κ2) is 8.32. The van der Waals surface area contributed by atoms with Gasteiger partial charge in [0.15, 0.2) is 0 Å². The number of fused-ring (bicyclic) bond motifs is 1. The van der Waals surface area contributed by atoms with Gasteiger partial charge in [-0.15, -0.1) is 0 Å². The summed E-state index contributed by atoms with van der Waals surface area (Å²) in [7, 11) is 0. The third-order valence-corrected chi connectivity index (χ3v) is 5.25. The van der Waals surface area contributed by atoms with Crippen LogP contribution >= 0.6 is 23.2 Å². The lowest BCUT2D eigenvalue weighted by Gasteiger charge is -2.20. The van der Waals surface area contributed by atoms with Crippen molar-refractivity contribution < 1.29 is 14.3 Å². The van der Waals surface area contributed by atoms with Crippen molar-refractivity contribution in [2.75, 3.05) is 5.32 Å². The van der Waals surface area contributed by atoms with Crippen molar-refractivity contribution in [3.8, 4) is 0 Å². The summed E-state index contributed by atoms with van der Waals surface area (Å²) in [4.78, 5) is 23.8. The van der Waals surface area contributed by atoms with Crippen LogP contribution in [0.3, 0.4) is 0 Å². The predicted molar refractivity (Wildman–Crippen MR) is 122 cm³/mol. The second-order valence-corrected chi connectivity index (χ2v) is 9.09. The van der Waals surface area contributed by atoms with Crippen LogP contribution in [0, 0.1) is 6.92 Å². The van der Waals surface area contributed by atoms with Crippen molar-refractivity contribution in [3.63, 3.8) is 0 Å². The van der Waals surface area contributed by atoms with E-state index in [-0.39, 0.29) is 5.91 Å². The van der Waals surface area contributed by atoms with Crippen LogP contribution in [0.1, 0.15) is 49.2 Å². The molecule has 0 spiro atoms. The number of hydrogen-bond acceptors (Lipinski definition) is 3. The van der Waals surface area contributed by atoms with Crippen molar-refractivity contribution in [1.82, 2.24) is 4.57 Å². The van der Waals surface area contributed by atoms with E-state index in [9.17, 15) is 9.59 Å². The minimum Gasteiger partial charge on any atom is -0.444 e. The normalized spacial score (nSPS) is 11.6. The highest BCUT2D eigenvalue weighted by molar-refractivity contribution is 6.36. The minimum absolute atomic E-state index is 0.0278. The first kappa shape index (κ1) is 22.2. The number of benzene rings is 2. The number of nitrogens with zero attached hydrogens (tertiary/aromatic N) is 1. The molecule has 1 amide bonds. The van der Waals surface area contributed by atoms with Crippen LogP contribution in [-0.4, -0.2) is 22.2 Å². The minimum atomic E-state index is -0.601. The van der Waals surface area contributed by atoms with Gasteiger partial charge in [0.1, 0.15) is 5.60 Å². The molecule has 3 rings (SSSR count). The SMILES string of the molecule is CC(=O)n1cc(C)c2cc(Cc3c(Cl)cc(NC(=O)OC(C)(C)C)cc3Cl)ccc21. The Morgan fingerprint density at radius 3 is 2.30 bits per heavy atom. The molecule has 1 aromatic heterocycles. The summed E-state index contributed by atoms with van der Waals surface area (Å²) in [6.45, 7) is 8.89. The molecule has 1 N–H and O–H groups in total. The first-order valence-electron chi connectivity index (χ1n) is 9.54. The summed E-state index contributed by atoms with van der Waals surface area (Å²) in [5.41, 5.74) is 3.54. The molecule has 7 heteroatoms. The molecular formula is C23H24Cl2N2O3. The molecule has 0 bridgehead atoms. The van der Waals surface area contributed by atoms with Crippen molar-refractivity contribution in [1.29, 1.82) is 0 Å². The number of halogens is 2. The first-order chi connectivity index (χ1) is 13.9. The van der Waals surface area contributed by atoms with E-state index in [0.29, 0.717) is 22.2 Å². The fourth-order valence-electron chi connectivity index (χ4n) is 3.28. The van der Waals surface area contributed by atoms with Crippen LogP contribution in [-0.2, 0) is 11.2 Å². The number of rotatable bonds is 3. The number of carbonyl (C=O) groups is 2. The largest absolute Gasteiger partial charge is 0.444 e. The molecule has 2 aromatic carbocycles. The van der Waals surface area contributed by atoms with Gasteiger partial charge in [-0.2, -0.15) is 0 Å². The molecule has 0 fully saturated rings. The van der Waals surface area contributed by atoms with Crippen molar-refractivity contribution in [3.05, 3.63) is 63.3 Å². The quantitative estimate of drug-likeness (QED) is 0.478. The van der Waals surface area contributed by atoms with Gasteiger partial charge in [0.2, 0.25) is 5.91 Å². The molecule has 30 heavy (non-hydrogen) atoms. The maximum atomic E-state index is 12.0. The van der Waals surface area contributed by atoms with E-state index in [1.165, 1.54) is 0 Å². The molecule has 0 aliphatic rings. The van der Waals surface area contributed by atoms with Crippen LogP contribution in [0.2, 0.25) is 10.0 Å². The summed E-state index contributed by atoms with van der Waals surface area (Å²) >= 11 is 12.9. The highest BCUT2D eigenvalue weighted by atomic mass is 35.5. The monoisotopic (exact) mass is 446 g/mol. The van der Waals surface area contributed by atoms with Crippen LogP contribution < -0.4 is 5.32 Å². The zero-order valence-electron chi connectivity index (χ0n) is 17.6. The lowest BCUT2D eigenvalue weighted by atomic mass is 10.0. The van der Waals surface area contributed by atoms with Crippen molar-refractivity contribution in [2.45, 2.75) is 46.6 Å². The number of nitrogens with one attached hydrogen (secondary N) is 1. The van der Waals surface area contributed by atoms with Gasteiger partial charge >= 0.3 is 6.09 Å². The van der Waals surface area contributed by atoms with Gasteiger partial charge in [-0.1, -0.05) is 29.3 Å². The molecule has 0 saturated carbocycles. The number of aryl methyl sites for hydroxylation is 1. The zero-order chi connectivity index (χ0) is 22.2. The van der Waals surface area contributed by atoms with E-state index in [2.05, 4.69) is 5.32 Å². The fraction of sp³-hybridized carbons (Fsp3) is 0.304. The molecule has 0 atom stereocenters. The van der Waals surface area contributed by atoms with Crippen LogP contribution in [0.5, 0.6) is 0 Å². The van der Waals surface area contributed by atoms with Gasteiger partial charge in [-0.25, -0.2) is 4.79 Å². The summed E-state index contributed by atoms with van der Waals surface area (Å²) in [5.74, 6) is -0.0278. The summed E-state index contributed by atoms with van der Waals surface area (Å²) in [6, 6.07) is 9.25. The van der Waals surface area contributed by atoms with Gasteiger partial charge < -0.3 is 4.74 Å². The first-order valence-corrected chi connectivity index (χ1v) is 10.3. The maximum absolute atomic E-state index is 12.0. The third-order valence-electron chi connectivity index (χ3n) is 4.57. The predicted octanol–water partition coefficient (Wildman–Crippen LogP) is 6.85. The van der Waals surface area contributed by atoms with Crippen molar-refractivity contribution >= 4 is 51.8 Å². The summed E-state index contributed by atoms with van der Waals surface area (Å²) < 4.78 is 6.90. The smallest absolute Gasteiger partial charge is 0.412 e. The highest BCUT2D eigenvalue weighted by Crippen LogP contribution is 2.32. The van der Waals surface area contributed by atoms with E-state index < -0.39 is 11.7 Å². The number of amides is 1. The number of anilines is 1. The molecule has 158 valence electrons. The van der Waals surface area contributed by atoms with Crippen LogP contribution in [0.4, 0.5) is 10.5 Å². The van der Waals surface area contributed by atoms with Crippen molar-refractivity contribution in [2.24, 2.45) is 0 Å². The standard InChI is InChI=1S/C23H24Cl2N2O3/c1-13-12-27(14(2)28)21-7-6-15(8-17(13)21)9-18-19(24)10-16(11-20(18)25)26-22(29)30-23(3,4)5/h6-8,10-12H,9H2,1-5H3,(H,26,29). The molecule has 5 nitrogen and oxygen atoms in total. The molecule has 0 saturated heterocycles. The Hall–Kier alpha value is -2.50. The lowest BCUT2D eigenvalue weighted by Crippen LogP contribution is -2.27. The van der Waals surface area contributed by atoms with Gasteiger partial charge in [-0.3, -0.25) is 14.7 Å². The Morgan fingerprint density at radius 2 is 1.73 bits per heavy atom. The zero-order valence-corrected chi connectivity index (χ0v) is 19.1. The lowest BCUT2D eigenvalue weighted by molar-refractivity contribution is 0.0635. The van der Waals surface area contributed by atoms with Gasteiger partial charge in [0.05, 0.1) is 5.52 Å². The number of hydrogen-bond donors (Lipinski definition) is 1. The van der Waals surface area contributed by atoms with E-state index in [1.54, 1.807) is 44.4 Å². The average Bonchev–Trinajstić information content (AvgIpc) is 2.93. The molecule has 0 unspecified atom stereocenters. The Balaban J connectivity index is 1.86. The van der Waals surface area contributed by atoms with E-state index in [0.717, 1.165) is 27.6 Å². The Morgan fingerprint density at radius 1 is 1.10 bits per heavy atom. The maximum Gasteiger partial charge on any atom is 0.412 e. The number of ether oxygens (including phenoxy) is 1. The fourth-order valence-corrected chi connectivity index (χ4v) is 3.90. The van der Waals surface area contributed by atoms with Crippen LogP contribution in [0.15, 0.2) is 36.5 Å².